The van der Waals surface area contributed by atoms with E-state index in [-0.39, 0.29) is 30.3 Å². The summed E-state index contributed by atoms with van der Waals surface area (Å²) in [5.74, 6) is 0.504. The van der Waals surface area contributed by atoms with Gasteiger partial charge in [0, 0.05) is 30.2 Å². The highest BCUT2D eigenvalue weighted by Crippen LogP contribution is 2.37. The van der Waals surface area contributed by atoms with Crippen LogP contribution in [-0.2, 0) is 16.0 Å². The maximum Gasteiger partial charge on any atom is 0.269 e. The number of nitrogens with one attached hydrogen (secondary N) is 1. The van der Waals surface area contributed by atoms with Crippen LogP contribution in [0.4, 0.5) is 5.69 Å². The maximum atomic E-state index is 13.1. The fourth-order valence-corrected chi connectivity index (χ4v) is 3.82. The summed E-state index contributed by atoms with van der Waals surface area (Å²) >= 11 is 0. The molecule has 0 aromatic heterocycles. The summed E-state index contributed by atoms with van der Waals surface area (Å²) in [4.78, 5) is 35.2. The minimum absolute atomic E-state index is 0.0468. The minimum atomic E-state index is -0.769. The number of non-ortho nitro benzene ring substituents is 1. The molecule has 0 spiro atoms. The second kappa shape index (κ2) is 8.29. The number of nitro benzene ring substituents is 1. The Morgan fingerprint density at radius 2 is 1.88 bits per heavy atom. The molecule has 2 atom stereocenters. The van der Waals surface area contributed by atoms with E-state index in [1.807, 2.05) is 19.1 Å². The summed E-state index contributed by atoms with van der Waals surface area (Å²) in [5, 5.41) is 19.7. The first-order valence-electron chi connectivity index (χ1n) is 10.1. The standard InChI is InChI=1S/C22H22N4O6/c1-12-8-16-9-19-20(32-11-31-19)10-18(16)21(15-4-6-17(7-5-15)26(29)30)24-25(12)22(28)13(2)23-14(3)27/h4-7,9-10,12-13H,8,11H2,1-3H3,(H,23,27). The SMILES string of the molecule is CC(=O)NC(C)C(=O)N1N=C(c2ccc([N+](=O)[O-])cc2)c2cc3c(cc2CC1C)OCO3. The summed E-state index contributed by atoms with van der Waals surface area (Å²) in [6, 6.07) is 8.59. The predicted molar refractivity (Wildman–Crippen MR) is 115 cm³/mol. The third-order valence-electron chi connectivity index (χ3n) is 5.36. The van der Waals surface area contributed by atoms with Crippen molar-refractivity contribution in [3.05, 3.63) is 63.2 Å². The summed E-state index contributed by atoms with van der Waals surface area (Å²) in [6.45, 7) is 4.94. The zero-order valence-electron chi connectivity index (χ0n) is 17.8. The lowest BCUT2D eigenvalue weighted by Crippen LogP contribution is -2.47. The fourth-order valence-electron chi connectivity index (χ4n) is 3.82. The molecular weight excluding hydrogens is 416 g/mol. The average Bonchev–Trinajstić information content (AvgIpc) is 3.15. The molecule has 166 valence electrons. The first-order chi connectivity index (χ1) is 15.2. The van der Waals surface area contributed by atoms with Crippen LogP contribution in [0.2, 0.25) is 0 Å². The van der Waals surface area contributed by atoms with E-state index in [1.165, 1.54) is 24.1 Å². The number of fused-ring (bicyclic) bond motifs is 2. The van der Waals surface area contributed by atoms with Crippen LogP contribution in [0.15, 0.2) is 41.5 Å². The number of hydrogen-bond acceptors (Lipinski definition) is 7. The molecule has 10 nitrogen and oxygen atoms in total. The Bertz CT molecular complexity index is 1130. The van der Waals surface area contributed by atoms with Crippen molar-refractivity contribution in [2.75, 3.05) is 6.79 Å². The number of carbonyl (C=O) groups is 2. The van der Waals surface area contributed by atoms with Crippen LogP contribution in [0.5, 0.6) is 11.5 Å². The Balaban J connectivity index is 1.83. The Morgan fingerprint density at radius 3 is 2.50 bits per heavy atom. The molecule has 2 amide bonds. The van der Waals surface area contributed by atoms with Gasteiger partial charge >= 0.3 is 0 Å². The molecular formula is C22H22N4O6. The molecule has 0 fully saturated rings. The zero-order chi connectivity index (χ0) is 23.0. The number of nitro groups is 1. The summed E-state index contributed by atoms with van der Waals surface area (Å²) in [7, 11) is 0. The van der Waals surface area contributed by atoms with E-state index >= 15 is 0 Å². The van der Waals surface area contributed by atoms with E-state index in [2.05, 4.69) is 10.4 Å². The van der Waals surface area contributed by atoms with Crippen molar-refractivity contribution in [3.8, 4) is 11.5 Å². The van der Waals surface area contributed by atoms with Crippen LogP contribution >= 0.6 is 0 Å². The monoisotopic (exact) mass is 438 g/mol. The van der Waals surface area contributed by atoms with Crippen molar-refractivity contribution >= 4 is 23.2 Å². The molecule has 0 aliphatic carbocycles. The minimum Gasteiger partial charge on any atom is -0.454 e. The van der Waals surface area contributed by atoms with Gasteiger partial charge in [0.2, 0.25) is 12.7 Å². The van der Waals surface area contributed by atoms with Crippen LogP contribution in [0.1, 0.15) is 37.5 Å². The number of benzene rings is 2. The van der Waals surface area contributed by atoms with Gasteiger partial charge in [-0.3, -0.25) is 19.7 Å². The third-order valence-corrected chi connectivity index (χ3v) is 5.36. The normalized spacial score (nSPS) is 17.7. The Labute approximate surface area is 184 Å². The van der Waals surface area contributed by atoms with Gasteiger partial charge in [-0.05, 0) is 50.1 Å². The molecule has 2 aromatic rings. The average molecular weight is 438 g/mol. The highest BCUT2D eigenvalue weighted by molar-refractivity contribution is 6.14. The van der Waals surface area contributed by atoms with Gasteiger partial charge in [-0.1, -0.05) is 0 Å². The van der Waals surface area contributed by atoms with E-state index in [1.54, 1.807) is 19.1 Å². The number of hydrazone groups is 1. The molecule has 2 aliphatic rings. The highest BCUT2D eigenvalue weighted by atomic mass is 16.7. The van der Waals surface area contributed by atoms with Gasteiger partial charge in [0.25, 0.3) is 11.6 Å². The molecule has 0 radical (unpaired) electrons. The largest absolute Gasteiger partial charge is 0.454 e. The number of rotatable bonds is 4. The van der Waals surface area contributed by atoms with Gasteiger partial charge in [-0.15, -0.1) is 0 Å². The van der Waals surface area contributed by atoms with Crippen molar-refractivity contribution in [1.29, 1.82) is 0 Å². The molecule has 0 saturated heterocycles. The molecule has 10 heteroatoms. The van der Waals surface area contributed by atoms with Crippen LogP contribution in [0.25, 0.3) is 0 Å². The van der Waals surface area contributed by atoms with Crippen LogP contribution in [0.3, 0.4) is 0 Å². The van der Waals surface area contributed by atoms with E-state index in [9.17, 15) is 19.7 Å². The van der Waals surface area contributed by atoms with Gasteiger partial charge in [-0.2, -0.15) is 5.10 Å². The number of hydrogen-bond donors (Lipinski definition) is 1. The molecule has 0 saturated carbocycles. The van der Waals surface area contributed by atoms with Crippen molar-refractivity contribution in [3.63, 3.8) is 0 Å². The molecule has 2 heterocycles. The lowest BCUT2D eigenvalue weighted by atomic mass is 9.94. The van der Waals surface area contributed by atoms with Crippen molar-refractivity contribution < 1.29 is 24.0 Å². The summed E-state index contributed by atoms with van der Waals surface area (Å²) in [6.07, 6.45) is 0.491. The molecule has 2 aliphatic heterocycles. The van der Waals surface area contributed by atoms with Crippen molar-refractivity contribution in [2.24, 2.45) is 5.10 Å². The van der Waals surface area contributed by atoms with Crippen molar-refractivity contribution in [1.82, 2.24) is 10.3 Å². The third kappa shape index (κ3) is 3.98. The molecule has 2 aromatic carbocycles. The van der Waals surface area contributed by atoms with Crippen molar-refractivity contribution in [2.45, 2.75) is 39.3 Å². The Morgan fingerprint density at radius 1 is 1.22 bits per heavy atom. The zero-order valence-corrected chi connectivity index (χ0v) is 17.8. The van der Waals surface area contributed by atoms with E-state index in [0.29, 0.717) is 29.2 Å². The number of nitrogens with zero attached hydrogens (tertiary/aromatic N) is 3. The number of carbonyl (C=O) groups excluding carboxylic acids is 2. The smallest absolute Gasteiger partial charge is 0.269 e. The topological polar surface area (TPSA) is 123 Å². The molecule has 32 heavy (non-hydrogen) atoms. The van der Waals surface area contributed by atoms with Crippen LogP contribution < -0.4 is 14.8 Å². The van der Waals surface area contributed by atoms with Crippen LogP contribution in [-0.4, -0.2) is 46.3 Å². The predicted octanol–water partition coefficient (Wildman–Crippen LogP) is 2.37. The second-order valence-electron chi connectivity index (χ2n) is 7.77. The first-order valence-corrected chi connectivity index (χ1v) is 10.1. The van der Waals surface area contributed by atoms with E-state index in [4.69, 9.17) is 9.47 Å². The highest BCUT2D eigenvalue weighted by Gasteiger charge is 2.32. The van der Waals surface area contributed by atoms with Gasteiger partial charge in [0.05, 0.1) is 16.7 Å². The van der Waals surface area contributed by atoms with E-state index in [0.717, 1.165) is 11.1 Å². The molecule has 0 bridgehead atoms. The fraction of sp³-hybridized carbons (Fsp3) is 0.318. The maximum absolute atomic E-state index is 13.1. The molecule has 4 rings (SSSR count). The lowest BCUT2D eigenvalue weighted by molar-refractivity contribution is -0.384. The van der Waals surface area contributed by atoms with Gasteiger partial charge in [0.1, 0.15) is 6.04 Å². The lowest BCUT2D eigenvalue weighted by Gasteiger charge is -2.26. The second-order valence-corrected chi connectivity index (χ2v) is 7.77. The first kappa shape index (κ1) is 21.3. The van der Waals surface area contributed by atoms with Gasteiger partial charge in [-0.25, -0.2) is 5.01 Å². The van der Waals surface area contributed by atoms with Gasteiger partial charge < -0.3 is 14.8 Å². The van der Waals surface area contributed by atoms with Gasteiger partial charge in [0.15, 0.2) is 11.5 Å². The summed E-state index contributed by atoms with van der Waals surface area (Å²) in [5.41, 5.74) is 2.68. The summed E-state index contributed by atoms with van der Waals surface area (Å²) < 4.78 is 11.0. The van der Waals surface area contributed by atoms with E-state index < -0.39 is 11.0 Å². The number of ether oxygens (including phenoxy) is 2. The Hall–Kier alpha value is -3.95. The van der Waals surface area contributed by atoms with Crippen LogP contribution in [0, 0.1) is 10.1 Å². The molecule has 1 N–H and O–H groups in total. The molecule has 2 unspecified atom stereocenters. The quantitative estimate of drug-likeness (QED) is 0.577. The Kier molecular flexibility index (Phi) is 5.52. The number of amides is 2.